The van der Waals surface area contributed by atoms with Crippen LogP contribution in [0.25, 0.3) is 22.0 Å². The van der Waals surface area contributed by atoms with E-state index in [1.165, 1.54) is 0 Å². The number of pyridine rings is 1. The third kappa shape index (κ3) is 2.10. The molecule has 0 saturated carbocycles. The van der Waals surface area contributed by atoms with Crippen LogP contribution in [0.1, 0.15) is 22.4 Å². The predicted molar refractivity (Wildman–Crippen MR) is 89.5 cm³/mol. The number of hydrogen-bond donors (Lipinski definition) is 0. The second-order valence-electron chi connectivity index (χ2n) is 6.10. The summed E-state index contributed by atoms with van der Waals surface area (Å²) in [5.41, 5.74) is 5.63. The van der Waals surface area contributed by atoms with E-state index in [0.717, 1.165) is 38.9 Å². The van der Waals surface area contributed by atoms with Crippen LogP contribution in [0.2, 0.25) is 0 Å². The van der Waals surface area contributed by atoms with Crippen molar-refractivity contribution in [2.75, 3.05) is 0 Å². The summed E-state index contributed by atoms with van der Waals surface area (Å²) in [5.74, 6) is -0.116. The zero-order chi connectivity index (χ0) is 16.0. The van der Waals surface area contributed by atoms with Crippen molar-refractivity contribution in [1.82, 2.24) is 0 Å². The first-order valence-corrected chi connectivity index (χ1v) is 7.57. The molecule has 1 heterocycles. The van der Waals surface area contributed by atoms with Gasteiger partial charge in [0.25, 0.3) is 0 Å². The van der Waals surface area contributed by atoms with E-state index in [1.807, 2.05) is 46.0 Å². The fourth-order valence-electron chi connectivity index (χ4n) is 3.16. The van der Waals surface area contributed by atoms with Crippen LogP contribution in [-0.2, 0) is 7.05 Å². The SMILES string of the molecule is Cc1cc(C)c(F)c(-c2c3ccccc3cc(C)[n+]2C)c1C. The maximum absolute atomic E-state index is 15.0. The van der Waals surface area contributed by atoms with Crippen molar-refractivity contribution in [3.63, 3.8) is 0 Å². The van der Waals surface area contributed by atoms with E-state index in [1.54, 1.807) is 0 Å². The lowest BCUT2D eigenvalue weighted by atomic mass is 9.93. The molecule has 0 spiro atoms. The molecule has 1 aromatic heterocycles. The molecule has 0 unspecified atom stereocenters. The van der Waals surface area contributed by atoms with Crippen molar-refractivity contribution in [2.24, 2.45) is 7.05 Å². The van der Waals surface area contributed by atoms with Crippen LogP contribution in [0.5, 0.6) is 0 Å². The molecule has 0 aliphatic carbocycles. The summed E-state index contributed by atoms with van der Waals surface area (Å²) in [5, 5.41) is 2.23. The van der Waals surface area contributed by atoms with Gasteiger partial charge in [0.1, 0.15) is 12.9 Å². The van der Waals surface area contributed by atoms with Crippen LogP contribution < -0.4 is 4.57 Å². The number of hydrogen-bond acceptors (Lipinski definition) is 0. The third-order valence-corrected chi connectivity index (χ3v) is 4.65. The predicted octanol–water partition coefficient (Wildman–Crippen LogP) is 4.70. The number of aromatic nitrogens is 1. The zero-order valence-corrected chi connectivity index (χ0v) is 13.8. The van der Waals surface area contributed by atoms with Crippen molar-refractivity contribution in [3.8, 4) is 11.3 Å². The van der Waals surface area contributed by atoms with Gasteiger partial charge in [0.15, 0.2) is 5.69 Å². The Morgan fingerprint density at radius 3 is 2.32 bits per heavy atom. The molecular weight excluding hydrogens is 273 g/mol. The van der Waals surface area contributed by atoms with Gasteiger partial charge in [0.2, 0.25) is 5.69 Å². The number of benzene rings is 2. The van der Waals surface area contributed by atoms with Crippen molar-refractivity contribution < 1.29 is 8.96 Å². The minimum Gasteiger partial charge on any atom is -0.206 e. The van der Waals surface area contributed by atoms with E-state index < -0.39 is 0 Å². The molecule has 112 valence electrons. The average molecular weight is 294 g/mol. The van der Waals surface area contributed by atoms with Gasteiger partial charge in [0.05, 0.1) is 10.9 Å². The van der Waals surface area contributed by atoms with E-state index in [9.17, 15) is 4.39 Å². The first-order chi connectivity index (χ1) is 10.4. The Bertz CT molecular complexity index is 868. The molecule has 2 heteroatoms. The molecule has 0 saturated heterocycles. The molecular formula is C20H21FN+. The fourth-order valence-corrected chi connectivity index (χ4v) is 3.16. The molecule has 0 atom stereocenters. The molecule has 0 radical (unpaired) electrons. The molecule has 2 aromatic carbocycles. The van der Waals surface area contributed by atoms with E-state index >= 15 is 0 Å². The zero-order valence-electron chi connectivity index (χ0n) is 13.8. The number of aryl methyl sites for hydroxylation is 3. The summed E-state index contributed by atoms with van der Waals surface area (Å²) in [6, 6.07) is 12.3. The largest absolute Gasteiger partial charge is 0.223 e. The Labute approximate surface area is 131 Å². The second-order valence-corrected chi connectivity index (χ2v) is 6.10. The molecule has 0 aliphatic heterocycles. The van der Waals surface area contributed by atoms with Gasteiger partial charge in [-0.05, 0) is 48.9 Å². The molecule has 0 amide bonds. The summed E-state index contributed by atoms with van der Waals surface area (Å²) in [4.78, 5) is 0. The minimum atomic E-state index is -0.116. The Hall–Kier alpha value is -2.22. The minimum absolute atomic E-state index is 0.116. The summed E-state index contributed by atoms with van der Waals surface area (Å²) >= 11 is 0. The molecule has 0 bridgehead atoms. The van der Waals surface area contributed by atoms with E-state index in [2.05, 4.69) is 29.7 Å². The lowest BCUT2D eigenvalue weighted by Gasteiger charge is -2.14. The van der Waals surface area contributed by atoms with E-state index in [0.29, 0.717) is 5.56 Å². The van der Waals surface area contributed by atoms with Crippen LogP contribution in [0, 0.1) is 33.5 Å². The van der Waals surface area contributed by atoms with Crippen LogP contribution >= 0.6 is 0 Å². The number of halogens is 1. The van der Waals surface area contributed by atoms with Crippen LogP contribution in [0.3, 0.4) is 0 Å². The average Bonchev–Trinajstić information content (AvgIpc) is 2.49. The molecule has 0 fully saturated rings. The van der Waals surface area contributed by atoms with E-state index in [-0.39, 0.29) is 5.82 Å². The Morgan fingerprint density at radius 2 is 1.59 bits per heavy atom. The highest BCUT2D eigenvalue weighted by atomic mass is 19.1. The lowest BCUT2D eigenvalue weighted by molar-refractivity contribution is -0.665. The topological polar surface area (TPSA) is 3.88 Å². The summed E-state index contributed by atoms with van der Waals surface area (Å²) in [6.45, 7) is 7.95. The Morgan fingerprint density at radius 1 is 0.909 bits per heavy atom. The number of fused-ring (bicyclic) bond motifs is 1. The maximum Gasteiger partial charge on any atom is 0.223 e. The normalized spacial score (nSPS) is 11.2. The number of nitrogens with zero attached hydrogens (tertiary/aromatic N) is 1. The van der Waals surface area contributed by atoms with Gasteiger partial charge < -0.3 is 0 Å². The monoisotopic (exact) mass is 294 g/mol. The lowest BCUT2D eigenvalue weighted by Crippen LogP contribution is -2.35. The molecule has 1 nitrogen and oxygen atoms in total. The highest BCUT2D eigenvalue weighted by Gasteiger charge is 2.24. The molecule has 22 heavy (non-hydrogen) atoms. The van der Waals surface area contributed by atoms with Crippen LogP contribution in [0.15, 0.2) is 36.4 Å². The summed E-state index contributed by atoms with van der Waals surface area (Å²) in [7, 11) is 2.01. The van der Waals surface area contributed by atoms with Gasteiger partial charge in [-0.3, -0.25) is 0 Å². The van der Waals surface area contributed by atoms with Crippen molar-refractivity contribution in [3.05, 3.63) is 64.6 Å². The fraction of sp³-hybridized carbons (Fsp3) is 0.250. The van der Waals surface area contributed by atoms with Gasteiger partial charge in [-0.1, -0.05) is 24.3 Å². The van der Waals surface area contributed by atoms with Gasteiger partial charge in [-0.25, -0.2) is 4.39 Å². The van der Waals surface area contributed by atoms with Gasteiger partial charge >= 0.3 is 0 Å². The first-order valence-electron chi connectivity index (χ1n) is 7.57. The quantitative estimate of drug-likeness (QED) is 0.573. The van der Waals surface area contributed by atoms with Crippen molar-refractivity contribution in [2.45, 2.75) is 27.7 Å². The van der Waals surface area contributed by atoms with Crippen molar-refractivity contribution in [1.29, 1.82) is 0 Å². The Balaban J connectivity index is 2.54. The second kappa shape index (κ2) is 5.20. The molecule has 3 rings (SSSR count). The summed E-state index contributed by atoms with van der Waals surface area (Å²) in [6.07, 6.45) is 0. The standard InChI is InChI=1S/C20H21FN/c1-12-10-13(2)19(21)18(15(12)4)20-17-9-7-6-8-16(17)11-14(3)22(20)5/h6-11H,1-5H3/q+1. The number of rotatable bonds is 1. The molecule has 3 aromatic rings. The highest BCUT2D eigenvalue weighted by molar-refractivity contribution is 5.94. The first kappa shape index (κ1) is 14.7. The smallest absolute Gasteiger partial charge is 0.206 e. The van der Waals surface area contributed by atoms with Gasteiger partial charge in [0, 0.05) is 13.0 Å². The Kier molecular flexibility index (Phi) is 3.48. The van der Waals surface area contributed by atoms with Crippen LogP contribution in [0.4, 0.5) is 4.39 Å². The van der Waals surface area contributed by atoms with Crippen LogP contribution in [-0.4, -0.2) is 0 Å². The summed E-state index contributed by atoms with van der Waals surface area (Å²) < 4.78 is 17.0. The van der Waals surface area contributed by atoms with Crippen molar-refractivity contribution >= 4 is 10.8 Å². The van der Waals surface area contributed by atoms with Gasteiger partial charge in [-0.15, -0.1) is 0 Å². The maximum atomic E-state index is 15.0. The third-order valence-electron chi connectivity index (χ3n) is 4.65. The molecule has 0 N–H and O–H groups in total. The molecule has 0 aliphatic rings. The van der Waals surface area contributed by atoms with E-state index in [4.69, 9.17) is 0 Å². The van der Waals surface area contributed by atoms with Gasteiger partial charge in [-0.2, -0.15) is 4.57 Å². The highest BCUT2D eigenvalue weighted by Crippen LogP contribution is 2.33.